The molecule has 0 bridgehead atoms. The topological polar surface area (TPSA) is 75.9 Å². The summed E-state index contributed by atoms with van der Waals surface area (Å²) in [5.74, 6) is 0.251. The lowest BCUT2D eigenvalue weighted by Crippen LogP contribution is -2.44. The number of ether oxygens (including phenoxy) is 1. The molecule has 3 aromatic rings. The first-order chi connectivity index (χ1) is 14.6. The Bertz CT molecular complexity index is 1060. The van der Waals surface area contributed by atoms with Gasteiger partial charge in [0, 0.05) is 24.8 Å². The van der Waals surface area contributed by atoms with Crippen LogP contribution in [-0.2, 0) is 9.53 Å². The number of aromatic nitrogens is 2. The Morgan fingerprint density at radius 2 is 2.03 bits per heavy atom. The minimum Gasteiger partial charge on any atom is -0.450 e. The van der Waals surface area contributed by atoms with Crippen LogP contribution >= 0.6 is 0 Å². The van der Waals surface area contributed by atoms with E-state index in [4.69, 9.17) is 9.72 Å². The summed E-state index contributed by atoms with van der Waals surface area (Å²) in [6.07, 6.45) is 3.07. The molecule has 0 spiro atoms. The van der Waals surface area contributed by atoms with Gasteiger partial charge in [0.05, 0.1) is 12.5 Å². The zero-order chi connectivity index (χ0) is 21.1. The van der Waals surface area contributed by atoms with E-state index in [0.29, 0.717) is 25.5 Å². The van der Waals surface area contributed by atoms with Crippen LogP contribution in [0, 0.1) is 12.8 Å². The molecule has 1 aromatic carbocycles. The molecule has 30 heavy (non-hydrogen) atoms. The van der Waals surface area contributed by atoms with E-state index in [-0.39, 0.29) is 17.9 Å². The van der Waals surface area contributed by atoms with Gasteiger partial charge in [0.15, 0.2) is 0 Å². The number of anilines is 1. The smallest absolute Gasteiger partial charge is 0.409 e. The fourth-order valence-corrected chi connectivity index (χ4v) is 3.85. The largest absolute Gasteiger partial charge is 0.450 e. The molecule has 1 aliphatic rings. The summed E-state index contributed by atoms with van der Waals surface area (Å²) < 4.78 is 7.00. The Labute approximate surface area is 175 Å². The highest BCUT2D eigenvalue weighted by Crippen LogP contribution is 2.30. The van der Waals surface area contributed by atoms with Gasteiger partial charge in [-0.25, -0.2) is 9.78 Å². The van der Waals surface area contributed by atoms with E-state index >= 15 is 0 Å². The molecular formula is C23H26N4O3. The number of piperidine rings is 1. The lowest BCUT2D eigenvalue weighted by molar-refractivity contribution is -0.121. The summed E-state index contributed by atoms with van der Waals surface area (Å²) in [6.45, 7) is 5.10. The fraction of sp³-hybridized carbons (Fsp3) is 0.348. The van der Waals surface area contributed by atoms with Crippen molar-refractivity contribution < 1.29 is 14.3 Å². The van der Waals surface area contributed by atoms with Gasteiger partial charge in [0.1, 0.15) is 17.2 Å². The maximum Gasteiger partial charge on any atom is 0.409 e. The number of benzene rings is 1. The predicted octanol–water partition coefficient (Wildman–Crippen LogP) is 4.12. The molecule has 2 aromatic heterocycles. The van der Waals surface area contributed by atoms with Crippen molar-refractivity contribution in [1.29, 1.82) is 0 Å². The van der Waals surface area contributed by atoms with Gasteiger partial charge in [-0.2, -0.15) is 0 Å². The maximum absolute atomic E-state index is 13.2. The van der Waals surface area contributed by atoms with E-state index in [0.717, 1.165) is 35.3 Å². The van der Waals surface area contributed by atoms with Crippen molar-refractivity contribution in [3.8, 4) is 11.3 Å². The van der Waals surface area contributed by atoms with Gasteiger partial charge in [-0.3, -0.25) is 9.20 Å². The number of likely N-dealkylation sites (tertiary alicyclic amines) is 1. The Morgan fingerprint density at radius 1 is 1.23 bits per heavy atom. The number of pyridine rings is 1. The number of hydrogen-bond acceptors (Lipinski definition) is 4. The minimum atomic E-state index is -0.356. The molecule has 156 valence electrons. The van der Waals surface area contributed by atoms with Crippen molar-refractivity contribution in [1.82, 2.24) is 14.3 Å². The number of carbonyl (C=O) groups excluding carboxylic acids is 2. The maximum atomic E-state index is 13.2. The van der Waals surface area contributed by atoms with Gasteiger partial charge < -0.3 is 15.0 Å². The van der Waals surface area contributed by atoms with Gasteiger partial charge >= 0.3 is 6.09 Å². The average molecular weight is 406 g/mol. The van der Waals surface area contributed by atoms with Crippen molar-refractivity contribution in [2.45, 2.75) is 26.7 Å². The van der Waals surface area contributed by atoms with Crippen molar-refractivity contribution in [3.05, 3.63) is 54.2 Å². The second-order valence-electron chi connectivity index (χ2n) is 7.58. The third-order valence-electron chi connectivity index (χ3n) is 5.39. The number of rotatable bonds is 4. The quantitative estimate of drug-likeness (QED) is 0.707. The number of nitrogens with one attached hydrogen (secondary N) is 1. The van der Waals surface area contributed by atoms with E-state index < -0.39 is 0 Å². The Kier molecular flexibility index (Phi) is 5.70. The van der Waals surface area contributed by atoms with Gasteiger partial charge in [0.2, 0.25) is 5.91 Å². The molecule has 2 amide bonds. The van der Waals surface area contributed by atoms with Crippen molar-refractivity contribution in [2.75, 3.05) is 25.0 Å². The highest BCUT2D eigenvalue weighted by molar-refractivity contribution is 5.96. The van der Waals surface area contributed by atoms with Crippen molar-refractivity contribution in [3.63, 3.8) is 0 Å². The summed E-state index contributed by atoms with van der Waals surface area (Å²) in [7, 11) is 0. The van der Waals surface area contributed by atoms with Crippen LogP contribution in [0.25, 0.3) is 16.9 Å². The van der Waals surface area contributed by atoms with Crippen LogP contribution in [0.4, 0.5) is 10.6 Å². The third kappa shape index (κ3) is 4.01. The number of carbonyl (C=O) groups is 2. The average Bonchev–Trinajstić information content (AvgIpc) is 3.12. The van der Waals surface area contributed by atoms with Gasteiger partial charge in [-0.15, -0.1) is 0 Å². The summed E-state index contributed by atoms with van der Waals surface area (Å²) in [5.41, 5.74) is 3.54. The van der Waals surface area contributed by atoms with Gasteiger partial charge in [-0.1, -0.05) is 30.3 Å². The number of aryl methyl sites for hydroxylation is 1. The lowest BCUT2D eigenvalue weighted by Gasteiger charge is -2.31. The molecule has 7 heteroatoms. The van der Waals surface area contributed by atoms with Crippen LogP contribution in [0.1, 0.15) is 25.3 Å². The van der Waals surface area contributed by atoms with E-state index in [1.807, 2.05) is 60.0 Å². The van der Waals surface area contributed by atoms with E-state index in [1.54, 1.807) is 11.8 Å². The predicted molar refractivity (Wildman–Crippen MR) is 115 cm³/mol. The molecule has 1 aliphatic heterocycles. The van der Waals surface area contributed by atoms with Crippen molar-refractivity contribution in [2.24, 2.45) is 5.92 Å². The number of nitrogens with zero attached hydrogens (tertiary/aromatic N) is 3. The highest BCUT2D eigenvalue weighted by atomic mass is 16.6. The molecule has 1 saturated heterocycles. The molecular weight excluding hydrogens is 380 g/mol. The summed E-state index contributed by atoms with van der Waals surface area (Å²) >= 11 is 0. The number of imidazole rings is 1. The first-order valence-corrected chi connectivity index (χ1v) is 10.3. The first-order valence-electron chi connectivity index (χ1n) is 10.3. The number of hydrogen-bond donors (Lipinski definition) is 1. The van der Waals surface area contributed by atoms with Crippen LogP contribution in [0.3, 0.4) is 0 Å². The molecule has 1 fully saturated rings. The van der Waals surface area contributed by atoms with Crippen LogP contribution in [0.5, 0.6) is 0 Å². The number of amides is 2. The first kappa shape index (κ1) is 19.9. The molecule has 0 saturated carbocycles. The third-order valence-corrected chi connectivity index (χ3v) is 5.39. The zero-order valence-corrected chi connectivity index (χ0v) is 17.3. The van der Waals surface area contributed by atoms with Crippen LogP contribution < -0.4 is 5.32 Å². The van der Waals surface area contributed by atoms with Crippen molar-refractivity contribution >= 4 is 23.5 Å². The summed E-state index contributed by atoms with van der Waals surface area (Å²) in [4.78, 5) is 31.6. The molecule has 0 radical (unpaired) electrons. The summed E-state index contributed by atoms with van der Waals surface area (Å²) in [6, 6.07) is 13.8. The van der Waals surface area contributed by atoms with E-state index in [1.165, 1.54) is 0 Å². The minimum absolute atomic E-state index is 0.108. The van der Waals surface area contributed by atoms with Gasteiger partial charge in [-0.05, 0) is 44.4 Å². The molecule has 1 atom stereocenters. The second kappa shape index (κ2) is 8.57. The van der Waals surface area contributed by atoms with E-state index in [2.05, 4.69) is 5.32 Å². The van der Waals surface area contributed by atoms with Crippen LogP contribution in [0.15, 0.2) is 48.7 Å². The normalized spacial score (nSPS) is 16.5. The lowest BCUT2D eigenvalue weighted by atomic mass is 9.97. The van der Waals surface area contributed by atoms with Crippen LogP contribution in [0.2, 0.25) is 0 Å². The molecule has 0 aliphatic carbocycles. The molecule has 3 heterocycles. The monoisotopic (exact) mass is 406 g/mol. The number of fused-ring (bicyclic) bond motifs is 1. The summed E-state index contributed by atoms with van der Waals surface area (Å²) in [5, 5.41) is 3.10. The Balaban J connectivity index is 1.63. The molecule has 4 rings (SSSR count). The zero-order valence-electron chi connectivity index (χ0n) is 17.3. The highest BCUT2D eigenvalue weighted by Gasteiger charge is 2.30. The SMILES string of the molecule is CCOC(=O)N1CCC[C@@H](C(=O)Nc2c(-c3ccccc3)nc3cc(C)ccn23)C1. The van der Waals surface area contributed by atoms with E-state index in [9.17, 15) is 9.59 Å². The second-order valence-corrected chi connectivity index (χ2v) is 7.58. The molecule has 0 unspecified atom stereocenters. The Morgan fingerprint density at radius 3 is 2.80 bits per heavy atom. The fourth-order valence-electron chi connectivity index (χ4n) is 3.85. The Hall–Kier alpha value is -3.35. The molecule has 1 N–H and O–H groups in total. The van der Waals surface area contributed by atoms with Crippen LogP contribution in [-0.4, -0.2) is 46.0 Å². The standard InChI is InChI=1S/C23H26N4O3/c1-3-30-23(29)26-12-7-10-18(15-26)22(28)25-21-20(17-8-5-4-6-9-17)24-19-14-16(2)11-13-27(19)21/h4-6,8-9,11,13-14,18H,3,7,10,12,15H2,1-2H3,(H,25,28)/t18-/m1/s1. The molecule has 7 nitrogen and oxygen atoms in total. The van der Waals surface area contributed by atoms with Gasteiger partial charge in [0.25, 0.3) is 0 Å².